The SMILES string of the molecule is Cc1ccc(Cl)cc1N(CCCC(=O)NC(C)c1ccc2c(c1)OCCO2)S(C)(=O)=O. The maximum atomic E-state index is 12.4. The minimum Gasteiger partial charge on any atom is -0.486 e. The van der Waals surface area contributed by atoms with E-state index in [1.165, 1.54) is 4.31 Å². The van der Waals surface area contributed by atoms with Gasteiger partial charge in [0.1, 0.15) is 13.2 Å². The molecule has 1 aliphatic rings. The monoisotopic (exact) mass is 466 g/mol. The lowest BCUT2D eigenvalue weighted by Gasteiger charge is -2.24. The first-order valence-corrected chi connectivity index (χ1v) is 12.3. The zero-order valence-corrected chi connectivity index (χ0v) is 19.4. The van der Waals surface area contributed by atoms with Gasteiger partial charge in [-0.15, -0.1) is 0 Å². The van der Waals surface area contributed by atoms with Gasteiger partial charge in [-0.1, -0.05) is 23.7 Å². The van der Waals surface area contributed by atoms with Crippen LogP contribution >= 0.6 is 11.6 Å². The van der Waals surface area contributed by atoms with Crippen LogP contribution in [0.25, 0.3) is 0 Å². The number of sulfonamides is 1. The Bertz CT molecular complexity index is 1060. The summed E-state index contributed by atoms with van der Waals surface area (Å²) in [6.45, 7) is 4.93. The second-order valence-electron chi connectivity index (χ2n) is 7.56. The molecule has 31 heavy (non-hydrogen) atoms. The molecule has 0 spiro atoms. The number of rotatable bonds is 8. The summed E-state index contributed by atoms with van der Waals surface area (Å²) in [5.41, 5.74) is 2.23. The van der Waals surface area contributed by atoms with Gasteiger partial charge in [-0.05, 0) is 55.7 Å². The quantitative estimate of drug-likeness (QED) is 0.638. The van der Waals surface area contributed by atoms with E-state index in [2.05, 4.69) is 5.32 Å². The van der Waals surface area contributed by atoms with Gasteiger partial charge >= 0.3 is 0 Å². The van der Waals surface area contributed by atoms with Gasteiger partial charge in [0.05, 0.1) is 18.0 Å². The lowest BCUT2D eigenvalue weighted by atomic mass is 10.1. The van der Waals surface area contributed by atoms with E-state index in [1.54, 1.807) is 18.2 Å². The van der Waals surface area contributed by atoms with Crippen molar-refractivity contribution >= 4 is 33.2 Å². The van der Waals surface area contributed by atoms with Crippen LogP contribution in [0.15, 0.2) is 36.4 Å². The van der Waals surface area contributed by atoms with E-state index in [1.807, 2.05) is 32.0 Å². The van der Waals surface area contributed by atoms with Crippen molar-refractivity contribution in [1.29, 1.82) is 0 Å². The number of benzene rings is 2. The van der Waals surface area contributed by atoms with Gasteiger partial charge in [0.25, 0.3) is 0 Å². The zero-order chi connectivity index (χ0) is 22.6. The second kappa shape index (κ2) is 9.78. The minimum absolute atomic E-state index is 0.154. The maximum absolute atomic E-state index is 12.4. The molecule has 1 unspecified atom stereocenters. The van der Waals surface area contributed by atoms with Gasteiger partial charge in [-0.3, -0.25) is 9.10 Å². The smallest absolute Gasteiger partial charge is 0.232 e. The molecular weight excluding hydrogens is 440 g/mol. The van der Waals surface area contributed by atoms with E-state index < -0.39 is 10.0 Å². The van der Waals surface area contributed by atoms with Crippen LogP contribution in [-0.2, 0) is 14.8 Å². The molecule has 0 fully saturated rings. The second-order valence-corrected chi connectivity index (χ2v) is 9.91. The molecule has 0 aromatic heterocycles. The Labute approximate surface area is 188 Å². The summed E-state index contributed by atoms with van der Waals surface area (Å²) in [6.07, 6.45) is 1.72. The predicted octanol–water partition coefficient (Wildman–Crippen LogP) is 3.84. The number of carbonyl (C=O) groups is 1. The molecule has 1 aliphatic heterocycles. The number of hydrogen-bond donors (Lipinski definition) is 1. The number of nitrogens with one attached hydrogen (secondary N) is 1. The molecule has 1 heterocycles. The van der Waals surface area contributed by atoms with Crippen LogP contribution in [-0.4, -0.2) is 40.3 Å². The highest BCUT2D eigenvalue weighted by Crippen LogP contribution is 2.32. The standard InChI is InChI=1S/C22H27ClN2O5S/c1-15-6-8-18(23)14-19(15)25(31(3,27)28)10-4-5-22(26)24-16(2)17-7-9-20-21(13-17)30-12-11-29-20/h6-9,13-14,16H,4-5,10-12H2,1-3H3,(H,24,26). The fourth-order valence-corrected chi connectivity index (χ4v) is 4.61. The van der Waals surface area contributed by atoms with E-state index in [-0.39, 0.29) is 24.9 Å². The fourth-order valence-electron chi connectivity index (χ4n) is 3.43. The molecule has 168 valence electrons. The summed E-state index contributed by atoms with van der Waals surface area (Å²) >= 11 is 6.05. The summed E-state index contributed by atoms with van der Waals surface area (Å²) in [5, 5.41) is 3.41. The van der Waals surface area contributed by atoms with Crippen LogP contribution in [0.4, 0.5) is 5.69 Å². The molecule has 1 N–H and O–H groups in total. The highest BCUT2D eigenvalue weighted by atomic mass is 35.5. The van der Waals surface area contributed by atoms with Crippen molar-refractivity contribution in [3.05, 3.63) is 52.5 Å². The minimum atomic E-state index is -3.51. The number of amides is 1. The molecule has 3 rings (SSSR count). The Hall–Kier alpha value is -2.45. The molecule has 0 bridgehead atoms. The highest BCUT2D eigenvalue weighted by molar-refractivity contribution is 7.92. The number of anilines is 1. The largest absolute Gasteiger partial charge is 0.486 e. The third kappa shape index (κ3) is 6.04. The summed E-state index contributed by atoms with van der Waals surface area (Å²) in [5.74, 6) is 1.22. The Morgan fingerprint density at radius 2 is 1.87 bits per heavy atom. The van der Waals surface area contributed by atoms with Crippen LogP contribution in [0.3, 0.4) is 0 Å². The van der Waals surface area contributed by atoms with Crippen LogP contribution < -0.4 is 19.1 Å². The fraction of sp³-hybridized carbons (Fsp3) is 0.409. The first-order valence-electron chi connectivity index (χ1n) is 10.1. The number of ether oxygens (including phenoxy) is 2. The molecule has 2 aromatic carbocycles. The highest BCUT2D eigenvalue weighted by Gasteiger charge is 2.20. The van der Waals surface area contributed by atoms with Crippen molar-refractivity contribution in [3.8, 4) is 11.5 Å². The van der Waals surface area contributed by atoms with Crippen molar-refractivity contribution < 1.29 is 22.7 Å². The summed E-state index contributed by atoms with van der Waals surface area (Å²) in [6, 6.07) is 10.5. The van der Waals surface area contributed by atoms with E-state index in [4.69, 9.17) is 21.1 Å². The number of carbonyl (C=O) groups excluding carboxylic acids is 1. The number of nitrogens with zero attached hydrogens (tertiary/aromatic N) is 1. The van der Waals surface area contributed by atoms with Crippen LogP contribution in [0.5, 0.6) is 11.5 Å². The molecule has 0 saturated heterocycles. The predicted molar refractivity (Wildman–Crippen MR) is 122 cm³/mol. The molecule has 0 radical (unpaired) electrons. The summed E-state index contributed by atoms with van der Waals surface area (Å²) in [4.78, 5) is 12.4. The maximum Gasteiger partial charge on any atom is 0.232 e. The van der Waals surface area contributed by atoms with E-state index >= 15 is 0 Å². The molecule has 9 heteroatoms. The Kier molecular flexibility index (Phi) is 7.33. The topological polar surface area (TPSA) is 84.9 Å². The molecule has 1 amide bonds. The van der Waals surface area contributed by atoms with E-state index in [0.717, 1.165) is 17.4 Å². The molecule has 0 aliphatic carbocycles. The van der Waals surface area contributed by atoms with Gasteiger partial charge in [0.15, 0.2) is 11.5 Å². The molecule has 2 aromatic rings. The van der Waals surface area contributed by atoms with Crippen LogP contribution in [0.2, 0.25) is 5.02 Å². The van der Waals surface area contributed by atoms with Crippen molar-refractivity contribution in [2.75, 3.05) is 30.3 Å². The van der Waals surface area contributed by atoms with E-state index in [0.29, 0.717) is 41.8 Å². The van der Waals surface area contributed by atoms with Gasteiger partial charge in [-0.25, -0.2) is 8.42 Å². The Morgan fingerprint density at radius 1 is 1.16 bits per heavy atom. The van der Waals surface area contributed by atoms with Crippen molar-refractivity contribution in [2.45, 2.75) is 32.7 Å². The summed E-state index contributed by atoms with van der Waals surface area (Å²) < 4.78 is 37.0. The molecule has 7 nitrogen and oxygen atoms in total. The van der Waals surface area contributed by atoms with Crippen LogP contribution in [0, 0.1) is 6.92 Å². The lowest BCUT2D eigenvalue weighted by Crippen LogP contribution is -2.33. The van der Waals surface area contributed by atoms with Crippen molar-refractivity contribution in [3.63, 3.8) is 0 Å². The van der Waals surface area contributed by atoms with Gasteiger partial charge in [-0.2, -0.15) is 0 Å². The van der Waals surface area contributed by atoms with Crippen LogP contribution in [0.1, 0.15) is 36.9 Å². The molecule has 1 atom stereocenters. The zero-order valence-electron chi connectivity index (χ0n) is 17.9. The first kappa shape index (κ1) is 23.2. The molecule has 0 saturated carbocycles. The molecular formula is C22H27ClN2O5S. The average molecular weight is 467 g/mol. The Morgan fingerprint density at radius 3 is 2.58 bits per heavy atom. The number of halogens is 1. The first-order chi connectivity index (χ1) is 14.6. The lowest BCUT2D eigenvalue weighted by molar-refractivity contribution is -0.121. The third-order valence-corrected chi connectivity index (χ3v) is 6.46. The normalized spacial score (nSPS) is 14.1. The van der Waals surface area contributed by atoms with Gasteiger partial charge in [0.2, 0.25) is 15.9 Å². The summed E-state index contributed by atoms with van der Waals surface area (Å²) in [7, 11) is -3.51. The van der Waals surface area contributed by atoms with Crippen molar-refractivity contribution in [1.82, 2.24) is 5.32 Å². The number of hydrogen-bond acceptors (Lipinski definition) is 5. The number of fused-ring (bicyclic) bond motifs is 1. The average Bonchev–Trinajstić information content (AvgIpc) is 2.72. The van der Waals surface area contributed by atoms with Crippen molar-refractivity contribution in [2.24, 2.45) is 0 Å². The van der Waals surface area contributed by atoms with Gasteiger partial charge in [0, 0.05) is 18.0 Å². The van der Waals surface area contributed by atoms with E-state index in [9.17, 15) is 13.2 Å². The third-order valence-electron chi connectivity index (χ3n) is 5.05. The Balaban J connectivity index is 1.58. The van der Waals surface area contributed by atoms with Gasteiger partial charge < -0.3 is 14.8 Å². The number of aryl methyl sites for hydroxylation is 1.